The number of carbonyl (C=O) groups excluding carboxylic acids is 1. The van der Waals surface area contributed by atoms with E-state index in [9.17, 15) is 13.2 Å². The van der Waals surface area contributed by atoms with E-state index >= 15 is 0 Å². The van der Waals surface area contributed by atoms with Gasteiger partial charge in [-0.2, -0.15) is 4.31 Å². The van der Waals surface area contributed by atoms with Gasteiger partial charge in [-0.1, -0.05) is 6.92 Å². The summed E-state index contributed by atoms with van der Waals surface area (Å²) in [6.45, 7) is 6.53. The van der Waals surface area contributed by atoms with Gasteiger partial charge in [0.05, 0.1) is 11.3 Å². The van der Waals surface area contributed by atoms with Gasteiger partial charge in [0, 0.05) is 26.2 Å². The maximum atomic E-state index is 12.5. The second-order valence-electron chi connectivity index (χ2n) is 5.87. The molecule has 7 heteroatoms. The first-order chi connectivity index (χ1) is 9.39. The molecular formula is C13H25N3O3S. The average molecular weight is 303 g/mol. The summed E-state index contributed by atoms with van der Waals surface area (Å²) in [6.07, 6.45) is 2.51. The third-order valence-electron chi connectivity index (χ3n) is 4.22. The van der Waals surface area contributed by atoms with Gasteiger partial charge in [0.25, 0.3) is 0 Å². The van der Waals surface area contributed by atoms with E-state index in [4.69, 9.17) is 0 Å². The zero-order valence-corrected chi connectivity index (χ0v) is 13.2. The molecule has 1 amide bonds. The molecule has 6 nitrogen and oxygen atoms in total. The normalized spacial score (nSPS) is 28.8. The van der Waals surface area contributed by atoms with Crippen LogP contribution in [0.15, 0.2) is 0 Å². The number of nitrogens with one attached hydrogen (secondary N) is 1. The van der Waals surface area contributed by atoms with Crippen molar-refractivity contribution in [3.05, 3.63) is 0 Å². The van der Waals surface area contributed by atoms with Crippen molar-refractivity contribution in [2.75, 3.05) is 38.5 Å². The zero-order chi connectivity index (χ0) is 14.8. The van der Waals surface area contributed by atoms with Crippen molar-refractivity contribution in [2.24, 2.45) is 0 Å². The van der Waals surface area contributed by atoms with Gasteiger partial charge in [-0.05, 0) is 32.7 Å². The number of carbonyl (C=O) groups is 1. The molecule has 0 bridgehead atoms. The highest BCUT2D eigenvalue weighted by Crippen LogP contribution is 2.22. The maximum Gasteiger partial charge on any atom is 0.242 e. The van der Waals surface area contributed by atoms with Crippen LogP contribution in [-0.2, 0) is 14.8 Å². The number of hydrogen-bond donors (Lipinski definition) is 1. The van der Waals surface area contributed by atoms with Crippen LogP contribution in [0.1, 0.15) is 33.1 Å². The maximum absolute atomic E-state index is 12.5. The van der Waals surface area contributed by atoms with Crippen LogP contribution < -0.4 is 5.32 Å². The van der Waals surface area contributed by atoms with E-state index in [1.807, 2.05) is 13.8 Å². The molecule has 2 aliphatic rings. The van der Waals surface area contributed by atoms with E-state index in [2.05, 4.69) is 5.32 Å². The van der Waals surface area contributed by atoms with Gasteiger partial charge in [-0.3, -0.25) is 4.79 Å². The minimum Gasteiger partial charge on any atom is -0.338 e. The smallest absolute Gasteiger partial charge is 0.242 e. The van der Waals surface area contributed by atoms with Gasteiger partial charge < -0.3 is 10.2 Å². The fourth-order valence-electron chi connectivity index (χ4n) is 2.98. The first-order valence-corrected chi connectivity index (χ1v) is 9.02. The Bertz CT molecular complexity index is 449. The Kier molecular flexibility index (Phi) is 4.71. The van der Waals surface area contributed by atoms with Crippen LogP contribution in [0.25, 0.3) is 0 Å². The molecule has 0 radical (unpaired) electrons. The van der Waals surface area contributed by atoms with E-state index in [-0.39, 0.29) is 11.7 Å². The topological polar surface area (TPSA) is 69.7 Å². The number of amides is 1. The van der Waals surface area contributed by atoms with Crippen molar-refractivity contribution in [3.8, 4) is 0 Å². The summed E-state index contributed by atoms with van der Waals surface area (Å²) >= 11 is 0. The van der Waals surface area contributed by atoms with E-state index in [0.29, 0.717) is 32.6 Å². The molecule has 0 aromatic carbocycles. The lowest BCUT2D eigenvalue weighted by Gasteiger charge is -2.38. The number of rotatable bonds is 4. The SMILES string of the molecule is CCCS(=O)(=O)N1CCN(C(=O)C2(C)CCCN2)CC1. The summed E-state index contributed by atoms with van der Waals surface area (Å²) in [5.41, 5.74) is -0.454. The van der Waals surface area contributed by atoms with E-state index in [0.717, 1.165) is 19.4 Å². The number of piperazine rings is 1. The molecule has 2 fully saturated rings. The van der Waals surface area contributed by atoms with E-state index in [1.165, 1.54) is 4.31 Å². The van der Waals surface area contributed by atoms with E-state index in [1.54, 1.807) is 4.90 Å². The molecule has 0 saturated carbocycles. The number of nitrogens with zero attached hydrogens (tertiary/aromatic N) is 2. The van der Waals surface area contributed by atoms with Crippen molar-refractivity contribution < 1.29 is 13.2 Å². The highest BCUT2D eigenvalue weighted by atomic mass is 32.2. The summed E-state index contributed by atoms with van der Waals surface area (Å²) in [5, 5.41) is 3.27. The summed E-state index contributed by atoms with van der Waals surface area (Å²) in [4.78, 5) is 14.3. The van der Waals surface area contributed by atoms with E-state index < -0.39 is 15.6 Å². The standard InChI is InChI=1S/C13H25N3O3S/c1-3-11-20(18,19)16-9-7-15(8-10-16)12(17)13(2)5-4-6-14-13/h14H,3-11H2,1-2H3. The Labute approximate surface area is 121 Å². The summed E-state index contributed by atoms with van der Waals surface area (Å²) < 4.78 is 25.5. The summed E-state index contributed by atoms with van der Waals surface area (Å²) in [6, 6.07) is 0. The first kappa shape index (κ1) is 15.7. The van der Waals surface area contributed by atoms with Crippen molar-refractivity contribution in [1.29, 1.82) is 0 Å². The zero-order valence-electron chi connectivity index (χ0n) is 12.4. The predicted molar refractivity (Wildman–Crippen MR) is 77.9 cm³/mol. The molecule has 0 aromatic heterocycles. The van der Waals surface area contributed by atoms with Gasteiger partial charge in [0.2, 0.25) is 15.9 Å². The quantitative estimate of drug-likeness (QED) is 0.794. The van der Waals surface area contributed by atoms with Crippen LogP contribution in [0.4, 0.5) is 0 Å². The fourth-order valence-corrected chi connectivity index (χ4v) is 4.48. The van der Waals surface area contributed by atoms with Crippen molar-refractivity contribution >= 4 is 15.9 Å². The first-order valence-electron chi connectivity index (χ1n) is 7.41. The average Bonchev–Trinajstić information content (AvgIpc) is 2.86. The Morgan fingerprint density at radius 3 is 2.40 bits per heavy atom. The van der Waals surface area contributed by atoms with Crippen LogP contribution >= 0.6 is 0 Å². The largest absolute Gasteiger partial charge is 0.338 e. The Balaban J connectivity index is 1.93. The highest BCUT2D eigenvalue weighted by molar-refractivity contribution is 7.89. The monoisotopic (exact) mass is 303 g/mol. The second-order valence-corrected chi connectivity index (χ2v) is 7.96. The molecule has 116 valence electrons. The van der Waals surface area contributed by atoms with Crippen molar-refractivity contribution in [1.82, 2.24) is 14.5 Å². The third-order valence-corrected chi connectivity index (χ3v) is 6.30. The molecule has 2 aliphatic heterocycles. The minimum atomic E-state index is -3.14. The highest BCUT2D eigenvalue weighted by Gasteiger charge is 2.40. The van der Waals surface area contributed by atoms with Crippen LogP contribution in [0.5, 0.6) is 0 Å². The van der Waals surface area contributed by atoms with Gasteiger partial charge in [-0.25, -0.2) is 8.42 Å². The predicted octanol–water partition coefficient (Wildman–Crippen LogP) is 0.0125. The number of hydrogen-bond acceptors (Lipinski definition) is 4. The second kappa shape index (κ2) is 5.99. The molecular weight excluding hydrogens is 278 g/mol. The lowest BCUT2D eigenvalue weighted by molar-refractivity contribution is -0.138. The molecule has 20 heavy (non-hydrogen) atoms. The van der Waals surface area contributed by atoms with Gasteiger partial charge >= 0.3 is 0 Å². The van der Waals surface area contributed by atoms with Gasteiger partial charge in [-0.15, -0.1) is 0 Å². The Hall–Kier alpha value is -0.660. The molecule has 1 N–H and O–H groups in total. The fraction of sp³-hybridized carbons (Fsp3) is 0.923. The van der Waals surface area contributed by atoms with Crippen LogP contribution in [0.2, 0.25) is 0 Å². The molecule has 2 saturated heterocycles. The van der Waals surface area contributed by atoms with Crippen LogP contribution in [-0.4, -0.2) is 67.5 Å². The molecule has 2 heterocycles. The lowest BCUT2D eigenvalue weighted by atomic mass is 9.98. The van der Waals surface area contributed by atoms with Gasteiger partial charge in [0.1, 0.15) is 0 Å². The molecule has 0 aromatic rings. The molecule has 1 unspecified atom stereocenters. The summed E-state index contributed by atoms with van der Waals surface area (Å²) in [5.74, 6) is 0.308. The Morgan fingerprint density at radius 2 is 1.90 bits per heavy atom. The summed E-state index contributed by atoms with van der Waals surface area (Å²) in [7, 11) is -3.14. The van der Waals surface area contributed by atoms with Crippen LogP contribution in [0, 0.1) is 0 Å². The molecule has 0 spiro atoms. The van der Waals surface area contributed by atoms with Gasteiger partial charge in [0.15, 0.2) is 0 Å². The molecule has 2 rings (SSSR count). The van der Waals surface area contributed by atoms with Crippen molar-refractivity contribution in [2.45, 2.75) is 38.6 Å². The third kappa shape index (κ3) is 3.15. The Morgan fingerprint density at radius 1 is 1.25 bits per heavy atom. The molecule has 1 atom stereocenters. The lowest BCUT2D eigenvalue weighted by Crippen LogP contribution is -2.58. The minimum absolute atomic E-state index is 0.113. The molecule has 0 aliphatic carbocycles. The van der Waals surface area contributed by atoms with Crippen LogP contribution in [0.3, 0.4) is 0 Å². The number of sulfonamides is 1. The van der Waals surface area contributed by atoms with Crippen molar-refractivity contribution in [3.63, 3.8) is 0 Å².